The molecule has 9 rings (SSSR count). The summed E-state index contributed by atoms with van der Waals surface area (Å²) in [4.78, 5) is 68.3. The lowest BCUT2D eigenvalue weighted by atomic mass is 9.82. The van der Waals surface area contributed by atoms with Gasteiger partial charge in [-0.1, -0.05) is 0 Å². The minimum atomic E-state index is -2.70. The quantitative estimate of drug-likeness (QED) is 0.0685. The highest BCUT2D eigenvalue weighted by Crippen LogP contribution is 2.59. The van der Waals surface area contributed by atoms with Gasteiger partial charge in [-0.25, -0.2) is 24.0 Å². The Labute approximate surface area is 373 Å². The summed E-state index contributed by atoms with van der Waals surface area (Å²) in [6, 6.07) is 1.52. The number of rotatable bonds is 4. The zero-order valence-corrected chi connectivity index (χ0v) is 33.1. The van der Waals surface area contributed by atoms with Gasteiger partial charge in [-0.3, -0.25) is 0 Å². The second-order valence-electron chi connectivity index (χ2n) is 14.8. The standard InChI is InChI=1S/C41H28O27/c42-11-2-7-15(25(51)22(11)48)6-1-9(21(47)34(20(6)46)65-32-10(37(58)59)4-13(44)24(50)31(32)57)38(60)64-5-14(45)33(66-39(7)61)36-35-29(55)19-18(41(63)67-35)17(27(53)30(56)28(19)54)16-8(40(62)68-36)3-12(43)23(49)26(16)52/h1-4,14,29,33,35-36,42-57H,5H2,(H,58,59)/t14-,29-,33-,35-,36+/m1/s1. The zero-order chi connectivity index (χ0) is 49.9. The fourth-order valence-electron chi connectivity index (χ4n) is 7.73. The number of carbonyl (C=O) groups excluding carboxylic acids is 4. The molecule has 5 aromatic carbocycles. The van der Waals surface area contributed by atoms with Crippen molar-refractivity contribution in [3.63, 3.8) is 0 Å². The Bertz CT molecular complexity index is 3140. The number of aromatic carboxylic acids is 1. The van der Waals surface area contributed by atoms with E-state index in [0.29, 0.717) is 24.3 Å². The highest BCUT2D eigenvalue weighted by molar-refractivity contribution is 6.10. The van der Waals surface area contributed by atoms with Crippen LogP contribution in [0.4, 0.5) is 0 Å². The highest BCUT2D eigenvalue weighted by atomic mass is 16.6. The first-order valence-corrected chi connectivity index (χ1v) is 18.7. The number of fused-ring (bicyclic) bond motifs is 7. The van der Waals surface area contributed by atoms with Crippen LogP contribution >= 0.6 is 0 Å². The highest BCUT2D eigenvalue weighted by Gasteiger charge is 2.53. The summed E-state index contributed by atoms with van der Waals surface area (Å²) in [7, 11) is 0. The van der Waals surface area contributed by atoms with Crippen molar-refractivity contribution in [3.05, 3.63) is 57.6 Å². The van der Waals surface area contributed by atoms with Crippen molar-refractivity contribution in [2.45, 2.75) is 30.5 Å². The number of carboxylic acids is 1. The Kier molecular flexibility index (Phi) is 10.3. The number of hydrogen-bond acceptors (Lipinski definition) is 26. The van der Waals surface area contributed by atoms with Gasteiger partial charge in [-0.2, -0.15) is 0 Å². The molecule has 0 amide bonds. The molecule has 4 aliphatic heterocycles. The summed E-state index contributed by atoms with van der Waals surface area (Å²) in [5.41, 5.74) is -11.3. The van der Waals surface area contributed by atoms with Crippen LogP contribution in [0.15, 0.2) is 24.3 Å². The van der Waals surface area contributed by atoms with Gasteiger partial charge in [-0.05, 0) is 18.2 Å². The van der Waals surface area contributed by atoms with Gasteiger partial charge >= 0.3 is 29.8 Å². The first-order chi connectivity index (χ1) is 31.9. The fourth-order valence-corrected chi connectivity index (χ4v) is 7.73. The molecule has 68 heavy (non-hydrogen) atoms. The van der Waals surface area contributed by atoms with Crippen LogP contribution in [0.25, 0.3) is 22.3 Å². The molecule has 4 heterocycles. The van der Waals surface area contributed by atoms with Gasteiger partial charge in [0.1, 0.15) is 29.9 Å². The molecular weight excluding hydrogens is 924 g/mol. The first-order valence-electron chi connectivity index (χ1n) is 18.7. The lowest BCUT2D eigenvalue weighted by Crippen LogP contribution is -2.55. The van der Waals surface area contributed by atoms with E-state index in [1.807, 2.05) is 0 Å². The van der Waals surface area contributed by atoms with Gasteiger partial charge in [0.2, 0.25) is 34.5 Å². The lowest BCUT2D eigenvalue weighted by Gasteiger charge is -2.40. The number of carboxylic acid groups (broad SMARTS) is 1. The third-order valence-electron chi connectivity index (χ3n) is 11.0. The number of hydrogen-bond donors (Lipinski definition) is 17. The van der Waals surface area contributed by atoms with Crippen molar-refractivity contribution in [3.8, 4) is 114 Å². The second-order valence-corrected chi connectivity index (χ2v) is 14.8. The first kappa shape index (κ1) is 45.0. The van der Waals surface area contributed by atoms with Crippen LogP contribution in [0.2, 0.25) is 0 Å². The smallest absolute Gasteiger partial charge is 0.342 e. The zero-order valence-electron chi connectivity index (χ0n) is 33.1. The molecule has 4 aliphatic rings. The average Bonchev–Trinajstić information content (AvgIpc) is 3.28. The molecule has 0 spiro atoms. The number of carbonyl (C=O) groups is 5. The van der Waals surface area contributed by atoms with Crippen molar-refractivity contribution in [1.29, 1.82) is 0 Å². The van der Waals surface area contributed by atoms with Gasteiger partial charge in [0.05, 0.1) is 16.7 Å². The van der Waals surface area contributed by atoms with Crippen molar-refractivity contribution < 1.29 is 134 Å². The molecule has 17 N–H and O–H groups in total. The van der Waals surface area contributed by atoms with Gasteiger partial charge in [-0.15, -0.1) is 0 Å². The van der Waals surface area contributed by atoms with Crippen LogP contribution in [-0.4, -0.2) is 148 Å². The number of aliphatic hydroxyl groups excluding tert-OH is 2. The molecule has 27 nitrogen and oxygen atoms in total. The Morgan fingerprint density at radius 3 is 1.56 bits per heavy atom. The normalized spacial score (nSPS) is 19.8. The summed E-state index contributed by atoms with van der Waals surface area (Å²) in [6.07, 6.45) is -13.1. The van der Waals surface area contributed by atoms with Gasteiger partial charge in [0, 0.05) is 33.9 Å². The van der Waals surface area contributed by atoms with E-state index in [1.54, 1.807) is 0 Å². The molecule has 0 unspecified atom stereocenters. The summed E-state index contributed by atoms with van der Waals surface area (Å²) in [6.45, 7) is -1.48. The molecule has 354 valence electrons. The molecular formula is C41H28O27. The number of phenolic OH excluding ortho intramolecular Hbond substituents is 14. The average molecular weight is 953 g/mol. The lowest BCUT2D eigenvalue weighted by molar-refractivity contribution is -0.153. The molecule has 0 aliphatic carbocycles. The third-order valence-corrected chi connectivity index (χ3v) is 11.0. The number of ether oxygens (including phenoxy) is 5. The van der Waals surface area contributed by atoms with Gasteiger partial charge in [0.25, 0.3) is 0 Å². The predicted octanol–water partition coefficient (Wildman–Crippen LogP) is 1.26. The van der Waals surface area contributed by atoms with Crippen molar-refractivity contribution in [2.75, 3.05) is 6.61 Å². The number of esters is 4. The summed E-state index contributed by atoms with van der Waals surface area (Å²) >= 11 is 0. The van der Waals surface area contributed by atoms with E-state index in [0.717, 1.165) is 0 Å². The molecule has 27 heteroatoms. The maximum atomic E-state index is 14.4. The maximum Gasteiger partial charge on any atom is 0.342 e. The van der Waals surface area contributed by atoms with E-state index in [4.69, 9.17) is 23.7 Å². The number of aromatic hydroxyl groups is 14. The molecule has 6 bridgehead atoms. The molecule has 0 radical (unpaired) electrons. The van der Waals surface area contributed by atoms with Crippen LogP contribution in [0.1, 0.15) is 63.5 Å². The Morgan fingerprint density at radius 1 is 0.456 bits per heavy atom. The van der Waals surface area contributed by atoms with Crippen molar-refractivity contribution >= 4 is 29.8 Å². The summed E-state index contributed by atoms with van der Waals surface area (Å²) in [5.74, 6) is -32.1. The van der Waals surface area contributed by atoms with E-state index in [1.165, 1.54) is 0 Å². The van der Waals surface area contributed by atoms with Crippen LogP contribution in [-0.2, 0) is 18.9 Å². The molecule has 0 saturated carbocycles. The Balaban J connectivity index is 1.35. The van der Waals surface area contributed by atoms with E-state index in [-0.39, 0.29) is 0 Å². The summed E-state index contributed by atoms with van der Waals surface area (Å²) < 4.78 is 26.8. The Hall–Kier alpha value is -9.63. The van der Waals surface area contributed by atoms with Crippen molar-refractivity contribution in [2.24, 2.45) is 0 Å². The largest absolute Gasteiger partial charge is 0.504 e. The SMILES string of the molecule is O=C1OC[C@@H](O)[C@H]([C@@H]2OC(=O)c3cc(O)c(O)c(O)c3-c3c(O)c(O)c(O)c4c3C(=O)O[C@@H]2[C@@H]4O)OC(=O)c2cc(O)c(O)c(O)c2-c2cc1c(O)c(Oc1c(C(=O)O)cc(O)c(O)c1O)c2O. The molecule has 0 aromatic heterocycles. The number of benzene rings is 5. The minimum Gasteiger partial charge on any atom is -0.504 e. The van der Waals surface area contributed by atoms with Crippen LogP contribution in [0.3, 0.4) is 0 Å². The minimum absolute atomic E-state index is 0.327. The summed E-state index contributed by atoms with van der Waals surface area (Å²) in [5, 5.41) is 184. The molecule has 0 saturated heterocycles. The van der Waals surface area contributed by atoms with E-state index >= 15 is 0 Å². The number of cyclic esters (lactones) is 2. The van der Waals surface area contributed by atoms with Gasteiger partial charge in [0.15, 0.2) is 75.8 Å². The monoisotopic (exact) mass is 952 g/mol. The van der Waals surface area contributed by atoms with Crippen LogP contribution < -0.4 is 4.74 Å². The Morgan fingerprint density at radius 2 is 0.956 bits per heavy atom. The predicted molar refractivity (Wildman–Crippen MR) is 209 cm³/mol. The molecule has 5 atom stereocenters. The van der Waals surface area contributed by atoms with E-state index < -0.39 is 215 Å². The number of aliphatic hydroxyl groups is 2. The third kappa shape index (κ3) is 6.48. The second kappa shape index (κ2) is 15.5. The van der Waals surface area contributed by atoms with Gasteiger partial charge < -0.3 is 110 Å². The number of phenols is 14. The van der Waals surface area contributed by atoms with E-state index in [9.17, 15) is 111 Å². The van der Waals surface area contributed by atoms with E-state index in [2.05, 4.69) is 0 Å². The van der Waals surface area contributed by atoms with Crippen molar-refractivity contribution in [1.82, 2.24) is 0 Å². The topological polar surface area (TPSA) is 475 Å². The fraction of sp³-hybridized carbons (Fsp3) is 0.146. The molecule has 0 fully saturated rings. The molecule has 5 aromatic rings. The maximum absolute atomic E-state index is 14.4. The van der Waals surface area contributed by atoms with Crippen LogP contribution in [0, 0.1) is 0 Å². The van der Waals surface area contributed by atoms with Crippen LogP contribution in [0.5, 0.6) is 92.0 Å².